The highest BCUT2D eigenvalue weighted by molar-refractivity contribution is 6.44. The van der Waals surface area contributed by atoms with Gasteiger partial charge in [0.15, 0.2) is 0 Å². The number of hydrogen-bond acceptors (Lipinski definition) is 4. The van der Waals surface area contributed by atoms with E-state index in [0.29, 0.717) is 10.7 Å². The number of benzene rings is 1. The summed E-state index contributed by atoms with van der Waals surface area (Å²) in [6.45, 7) is 1.56. The first-order valence-electron chi connectivity index (χ1n) is 5.83. The maximum absolute atomic E-state index is 12.1. The monoisotopic (exact) mass is 328 g/mol. The number of rotatable bonds is 4. The van der Waals surface area contributed by atoms with Gasteiger partial charge in [0.1, 0.15) is 18.4 Å². The topological polar surface area (TPSA) is 90.1 Å². The molecular formula is C12H10Cl2N4O3. The first-order valence-corrected chi connectivity index (χ1v) is 6.59. The van der Waals surface area contributed by atoms with Crippen molar-refractivity contribution < 1.29 is 9.72 Å². The van der Waals surface area contributed by atoms with Crippen LogP contribution in [0.15, 0.2) is 30.6 Å². The summed E-state index contributed by atoms with van der Waals surface area (Å²) in [5, 5.41) is 17.5. The number of nitro groups is 1. The van der Waals surface area contributed by atoms with Gasteiger partial charge in [-0.25, -0.2) is 0 Å². The second-order valence-electron chi connectivity index (χ2n) is 4.20. The minimum atomic E-state index is -0.742. The molecule has 1 aromatic heterocycles. The van der Waals surface area contributed by atoms with Crippen LogP contribution in [0.25, 0.3) is 0 Å². The molecule has 2 rings (SSSR count). The van der Waals surface area contributed by atoms with Gasteiger partial charge in [0.2, 0.25) is 5.91 Å². The Balaban J connectivity index is 2.15. The van der Waals surface area contributed by atoms with E-state index in [1.807, 2.05) is 0 Å². The molecule has 0 fully saturated rings. The van der Waals surface area contributed by atoms with Gasteiger partial charge in [0.25, 0.3) is 0 Å². The van der Waals surface area contributed by atoms with Crippen molar-refractivity contribution in [1.82, 2.24) is 9.78 Å². The molecule has 0 saturated carbocycles. The summed E-state index contributed by atoms with van der Waals surface area (Å²) in [7, 11) is 0. The average molecular weight is 329 g/mol. The zero-order valence-electron chi connectivity index (χ0n) is 10.8. The smallest absolute Gasteiger partial charge is 0.307 e. The SMILES string of the molecule is C[C@H](C(=O)Nc1cccc(Cl)c1Cl)n1cc([N+](=O)[O-])cn1. The van der Waals surface area contributed by atoms with E-state index in [1.165, 1.54) is 10.9 Å². The van der Waals surface area contributed by atoms with Gasteiger partial charge < -0.3 is 5.32 Å². The van der Waals surface area contributed by atoms with E-state index in [-0.39, 0.29) is 10.7 Å². The van der Waals surface area contributed by atoms with Crippen LogP contribution >= 0.6 is 23.2 Å². The van der Waals surface area contributed by atoms with Crippen LogP contribution in [-0.4, -0.2) is 20.6 Å². The second kappa shape index (κ2) is 6.11. The summed E-state index contributed by atoms with van der Waals surface area (Å²) in [6, 6.07) is 4.10. The number of carbonyl (C=O) groups is 1. The van der Waals surface area contributed by atoms with E-state index in [2.05, 4.69) is 10.4 Å². The minimum absolute atomic E-state index is 0.185. The molecule has 0 spiro atoms. The van der Waals surface area contributed by atoms with Crippen molar-refractivity contribution in [3.8, 4) is 0 Å². The van der Waals surface area contributed by atoms with Crippen molar-refractivity contribution in [3.63, 3.8) is 0 Å². The molecule has 110 valence electrons. The predicted octanol–water partition coefficient (Wildman–Crippen LogP) is 3.30. The molecule has 1 heterocycles. The third-order valence-corrected chi connectivity index (χ3v) is 3.60. The Morgan fingerprint density at radius 3 is 2.81 bits per heavy atom. The average Bonchev–Trinajstić information content (AvgIpc) is 2.93. The van der Waals surface area contributed by atoms with Crippen molar-refractivity contribution in [2.45, 2.75) is 13.0 Å². The molecule has 0 aliphatic rings. The molecule has 0 radical (unpaired) electrons. The number of nitrogens with zero attached hydrogens (tertiary/aromatic N) is 3. The summed E-state index contributed by atoms with van der Waals surface area (Å²) < 4.78 is 1.20. The van der Waals surface area contributed by atoms with Crippen LogP contribution in [-0.2, 0) is 4.79 Å². The largest absolute Gasteiger partial charge is 0.323 e. The quantitative estimate of drug-likeness (QED) is 0.688. The highest BCUT2D eigenvalue weighted by atomic mass is 35.5. The summed E-state index contributed by atoms with van der Waals surface area (Å²) in [5.41, 5.74) is 0.179. The van der Waals surface area contributed by atoms with Crippen molar-refractivity contribution in [2.75, 3.05) is 5.32 Å². The van der Waals surface area contributed by atoms with E-state index in [4.69, 9.17) is 23.2 Å². The highest BCUT2D eigenvalue weighted by Gasteiger charge is 2.20. The number of carbonyl (C=O) groups excluding carboxylic acids is 1. The lowest BCUT2D eigenvalue weighted by atomic mass is 10.2. The van der Waals surface area contributed by atoms with Crippen LogP contribution in [0.5, 0.6) is 0 Å². The molecule has 1 amide bonds. The Hall–Kier alpha value is -2.12. The Labute approximate surface area is 129 Å². The Kier molecular flexibility index (Phi) is 4.44. The third-order valence-electron chi connectivity index (χ3n) is 2.78. The van der Waals surface area contributed by atoms with E-state index < -0.39 is 16.9 Å². The van der Waals surface area contributed by atoms with Crippen LogP contribution in [0.3, 0.4) is 0 Å². The Morgan fingerprint density at radius 2 is 2.19 bits per heavy atom. The Bertz CT molecular complexity index is 702. The van der Waals surface area contributed by atoms with Gasteiger partial charge >= 0.3 is 5.69 Å². The van der Waals surface area contributed by atoms with Crippen LogP contribution in [0.4, 0.5) is 11.4 Å². The van der Waals surface area contributed by atoms with Crippen molar-refractivity contribution in [1.29, 1.82) is 0 Å². The first-order chi connectivity index (χ1) is 9.90. The number of hydrogen-bond donors (Lipinski definition) is 1. The van der Waals surface area contributed by atoms with Crippen LogP contribution in [0.2, 0.25) is 10.0 Å². The highest BCUT2D eigenvalue weighted by Crippen LogP contribution is 2.30. The zero-order valence-corrected chi connectivity index (χ0v) is 12.3. The lowest BCUT2D eigenvalue weighted by molar-refractivity contribution is -0.385. The van der Waals surface area contributed by atoms with Crippen molar-refractivity contribution in [3.05, 3.63) is 50.8 Å². The van der Waals surface area contributed by atoms with Gasteiger partial charge in [-0.05, 0) is 19.1 Å². The molecule has 0 unspecified atom stereocenters. The molecule has 7 nitrogen and oxygen atoms in total. The third kappa shape index (κ3) is 3.32. The normalized spacial score (nSPS) is 12.0. The minimum Gasteiger partial charge on any atom is -0.323 e. The van der Waals surface area contributed by atoms with Gasteiger partial charge in [0.05, 0.1) is 20.7 Å². The standard InChI is InChI=1S/C12H10Cl2N4O3/c1-7(17-6-8(5-15-17)18(20)21)12(19)16-10-4-2-3-9(13)11(10)14/h2-7H,1H3,(H,16,19)/t7-/m1/s1. The fourth-order valence-corrected chi connectivity index (χ4v) is 1.94. The van der Waals surface area contributed by atoms with E-state index in [0.717, 1.165) is 6.20 Å². The number of amides is 1. The summed E-state index contributed by atoms with van der Waals surface area (Å²) in [6.07, 6.45) is 2.26. The van der Waals surface area contributed by atoms with Crippen molar-refractivity contribution in [2.24, 2.45) is 0 Å². The van der Waals surface area contributed by atoms with Crippen LogP contribution in [0.1, 0.15) is 13.0 Å². The summed E-state index contributed by atoms with van der Waals surface area (Å²) >= 11 is 11.8. The lowest BCUT2D eigenvalue weighted by Gasteiger charge is -2.13. The van der Waals surface area contributed by atoms with Gasteiger partial charge in [-0.2, -0.15) is 5.10 Å². The number of halogens is 2. The lowest BCUT2D eigenvalue weighted by Crippen LogP contribution is -2.24. The fourth-order valence-electron chi connectivity index (χ4n) is 1.59. The first kappa shape index (κ1) is 15.3. The number of aromatic nitrogens is 2. The molecule has 2 aromatic rings. The Morgan fingerprint density at radius 1 is 1.48 bits per heavy atom. The molecule has 9 heteroatoms. The summed E-state index contributed by atoms with van der Waals surface area (Å²) in [4.78, 5) is 22.1. The van der Waals surface area contributed by atoms with Gasteiger partial charge in [-0.15, -0.1) is 0 Å². The number of anilines is 1. The molecule has 1 N–H and O–H groups in total. The van der Waals surface area contributed by atoms with Gasteiger partial charge in [-0.1, -0.05) is 29.3 Å². The van der Waals surface area contributed by atoms with Crippen LogP contribution in [0, 0.1) is 10.1 Å². The number of nitrogens with one attached hydrogen (secondary N) is 1. The fraction of sp³-hybridized carbons (Fsp3) is 0.167. The van der Waals surface area contributed by atoms with Crippen molar-refractivity contribution >= 4 is 40.5 Å². The maximum atomic E-state index is 12.1. The zero-order chi connectivity index (χ0) is 15.6. The molecule has 21 heavy (non-hydrogen) atoms. The molecule has 1 atom stereocenters. The predicted molar refractivity (Wildman–Crippen MR) is 78.7 cm³/mol. The maximum Gasteiger partial charge on any atom is 0.307 e. The van der Waals surface area contributed by atoms with Gasteiger partial charge in [0, 0.05) is 0 Å². The molecule has 0 saturated heterocycles. The van der Waals surface area contributed by atoms with Gasteiger partial charge in [-0.3, -0.25) is 19.6 Å². The van der Waals surface area contributed by atoms with E-state index >= 15 is 0 Å². The van der Waals surface area contributed by atoms with E-state index in [1.54, 1.807) is 25.1 Å². The summed E-state index contributed by atoms with van der Waals surface area (Å²) in [5.74, 6) is -0.419. The molecule has 0 bridgehead atoms. The molecule has 0 aliphatic heterocycles. The van der Waals surface area contributed by atoms with Crippen LogP contribution < -0.4 is 5.32 Å². The van der Waals surface area contributed by atoms with E-state index in [9.17, 15) is 14.9 Å². The molecule has 0 aliphatic carbocycles. The molecule has 1 aromatic carbocycles. The molecular weight excluding hydrogens is 319 g/mol. The second-order valence-corrected chi connectivity index (χ2v) is 4.99.